The van der Waals surface area contributed by atoms with Crippen molar-refractivity contribution < 1.29 is 4.43 Å². The third-order valence-electron chi connectivity index (χ3n) is 2.59. The Hall–Kier alpha value is -0.863. The summed E-state index contributed by atoms with van der Waals surface area (Å²) in [6.07, 6.45) is 4.34. The molecule has 1 atom stereocenters. The van der Waals surface area contributed by atoms with Gasteiger partial charge in [0.25, 0.3) is 0 Å². The molecule has 0 amide bonds. The van der Waals surface area contributed by atoms with Crippen molar-refractivity contribution >= 4 is 14.4 Å². The maximum atomic E-state index is 6.26. The Labute approximate surface area is 92.9 Å². The van der Waals surface area contributed by atoms with Gasteiger partial charge >= 0.3 is 0 Å². The standard InChI is InChI=1S/C13H18OSi/c1-13(14-15(2,3)4)10-9-11-7-5-6-8-12(11)13/h5-10H,1-4H3. The van der Waals surface area contributed by atoms with E-state index >= 15 is 0 Å². The molecule has 2 heteroatoms. The largest absolute Gasteiger partial charge is 0.405 e. The second-order valence-corrected chi connectivity index (χ2v) is 9.67. The van der Waals surface area contributed by atoms with Gasteiger partial charge < -0.3 is 4.43 Å². The van der Waals surface area contributed by atoms with Crippen LogP contribution in [0.2, 0.25) is 19.6 Å². The van der Waals surface area contributed by atoms with Gasteiger partial charge in [0.05, 0.1) is 5.60 Å². The highest BCUT2D eigenvalue weighted by Gasteiger charge is 2.34. The first kappa shape index (κ1) is 10.6. The lowest BCUT2D eigenvalue weighted by Gasteiger charge is -2.32. The molecule has 0 heterocycles. The Kier molecular flexibility index (Phi) is 2.36. The zero-order valence-electron chi connectivity index (χ0n) is 9.87. The Morgan fingerprint density at radius 2 is 1.80 bits per heavy atom. The first-order valence-electron chi connectivity index (χ1n) is 5.40. The molecule has 1 aliphatic carbocycles. The van der Waals surface area contributed by atoms with Crippen LogP contribution in [-0.4, -0.2) is 8.32 Å². The summed E-state index contributed by atoms with van der Waals surface area (Å²) in [5.74, 6) is 0. The Morgan fingerprint density at radius 3 is 2.47 bits per heavy atom. The molecule has 0 saturated heterocycles. The fraction of sp³-hybridized carbons (Fsp3) is 0.385. The highest BCUT2D eigenvalue weighted by atomic mass is 28.4. The van der Waals surface area contributed by atoms with Gasteiger partial charge in [0, 0.05) is 0 Å². The predicted molar refractivity (Wildman–Crippen MR) is 67.3 cm³/mol. The minimum absolute atomic E-state index is 0.207. The summed E-state index contributed by atoms with van der Waals surface area (Å²) < 4.78 is 6.26. The van der Waals surface area contributed by atoms with E-state index < -0.39 is 8.32 Å². The van der Waals surface area contributed by atoms with Crippen LogP contribution in [0.4, 0.5) is 0 Å². The topological polar surface area (TPSA) is 9.23 Å². The van der Waals surface area contributed by atoms with Crippen molar-refractivity contribution in [3.05, 3.63) is 41.5 Å². The molecule has 1 aliphatic rings. The number of hydrogen-bond acceptors (Lipinski definition) is 1. The molecule has 0 bridgehead atoms. The molecule has 80 valence electrons. The van der Waals surface area contributed by atoms with E-state index in [4.69, 9.17) is 4.43 Å². The van der Waals surface area contributed by atoms with Crippen molar-refractivity contribution in [1.29, 1.82) is 0 Å². The summed E-state index contributed by atoms with van der Waals surface area (Å²) in [7, 11) is -1.51. The van der Waals surface area contributed by atoms with Gasteiger partial charge in [-0.15, -0.1) is 0 Å². The zero-order chi connectivity index (χ0) is 11.1. The van der Waals surface area contributed by atoms with Crippen LogP contribution < -0.4 is 0 Å². The molecule has 1 unspecified atom stereocenters. The first-order chi connectivity index (χ1) is 6.91. The molecule has 0 aliphatic heterocycles. The van der Waals surface area contributed by atoms with Crippen LogP contribution in [0, 0.1) is 0 Å². The second kappa shape index (κ2) is 3.32. The fourth-order valence-electron chi connectivity index (χ4n) is 2.16. The SMILES string of the molecule is CC1(O[Si](C)(C)C)C=Cc2ccccc21. The summed E-state index contributed by atoms with van der Waals surface area (Å²) >= 11 is 0. The average Bonchev–Trinajstić information content (AvgIpc) is 2.42. The molecule has 15 heavy (non-hydrogen) atoms. The van der Waals surface area contributed by atoms with Gasteiger partial charge in [-0.25, -0.2) is 0 Å². The van der Waals surface area contributed by atoms with E-state index in [0.29, 0.717) is 0 Å². The number of fused-ring (bicyclic) bond motifs is 1. The lowest BCUT2D eigenvalue weighted by Crippen LogP contribution is -2.36. The molecule has 0 N–H and O–H groups in total. The number of benzene rings is 1. The molecule has 0 aromatic heterocycles. The van der Waals surface area contributed by atoms with Crippen LogP contribution >= 0.6 is 0 Å². The lowest BCUT2D eigenvalue weighted by molar-refractivity contribution is 0.136. The monoisotopic (exact) mass is 218 g/mol. The Bertz CT molecular complexity index is 403. The van der Waals surface area contributed by atoms with Gasteiger partial charge in [0.15, 0.2) is 8.32 Å². The van der Waals surface area contributed by atoms with E-state index in [1.807, 2.05) is 0 Å². The van der Waals surface area contributed by atoms with E-state index in [1.165, 1.54) is 11.1 Å². The van der Waals surface area contributed by atoms with Crippen LogP contribution in [-0.2, 0) is 10.0 Å². The normalized spacial score (nSPS) is 24.3. The minimum atomic E-state index is -1.51. The zero-order valence-corrected chi connectivity index (χ0v) is 10.9. The van der Waals surface area contributed by atoms with E-state index in [1.54, 1.807) is 0 Å². The van der Waals surface area contributed by atoms with Crippen molar-refractivity contribution in [2.75, 3.05) is 0 Å². The van der Waals surface area contributed by atoms with Crippen LogP contribution in [0.3, 0.4) is 0 Å². The van der Waals surface area contributed by atoms with Gasteiger partial charge in [0.2, 0.25) is 0 Å². The maximum Gasteiger partial charge on any atom is 0.185 e. The van der Waals surface area contributed by atoms with Crippen LogP contribution in [0.1, 0.15) is 18.1 Å². The fourth-order valence-corrected chi connectivity index (χ4v) is 3.61. The lowest BCUT2D eigenvalue weighted by atomic mass is 9.98. The Morgan fingerprint density at radius 1 is 1.13 bits per heavy atom. The highest BCUT2D eigenvalue weighted by Crippen LogP contribution is 2.38. The Balaban J connectivity index is 2.37. The molecule has 2 rings (SSSR count). The summed E-state index contributed by atoms with van der Waals surface area (Å²) in [5.41, 5.74) is 2.38. The summed E-state index contributed by atoms with van der Waals surface area (Å²) in [6, 6.07) is 8.46. The maximum absolute atomic E-state index is 6.26. The van der Waals surface area contributed by atoms with Gasteiger partial charge in [-0.2, -0.15) is 0 Å². The third kappa shape index (κ3) is 2.06. The van der Waals surface area contributed by atoms with Gasteiger partial charge in [-0.3, -0.25) is 0 Å². The first-order valence-corrected chi connectivity index (χ1v) is 8.80. The minimum Gasteiger partial charge on any atom is -0.405 e. The average molecular weight is 218 g/mol. The van der Waals surface area contributed by atoms with Crippen molar-refractivity contribution in [3.63, 3.8) is 0 Å². The molecule has 0 fully saturated rings. The van der Waals surface area contributed by atoms with Gasteiger partial charge in [-0.05, 0) is 43.8 Å². The van der Waals surface area contributed by atoms with E-state index in [-0.39, 0.29) is 5.60 Å². The van der Waals surface area contributed by atoms with Crippen molar-refractivity contribution in [2.24, 2.45) is 0 Å². The summed E-state index contributed by atoms with van der Waals surface area (Å²) in [6.45, 7) is 8.85. The third-order valence-corrected chi connectivity index (χ3v) is 3.63. The molecule has 0 saturated carbocycles. The van der Waals surface area contributed by atoms with Gasteiger partial charge in [0.1, 0.15) is 0 Å². The van der Waals surface area contributed by atoms with Crippen LogP contribution in [0.25, 0.3) is 6.08 Å². The molecule has 1 aromatic rings. The number of rotatable bonds is 2. The molecule has 1 nitrogen and oxygen atoms in total. The van der Waals surface area contributed by atoms with Crippen LogP contribution in [0.5, 0.6) is 0 Å². The smallest absolute Gasteiger partial charge is 0.185 e. The van der Waals surface area contributed by atoms with Crippen molar-refractivity contribution in [2.45, 2.75) is 32.2 Å². The summed E-state index contributed by atoms with van der Waals surface area (Å²) in [5, 5.41) is 0. The molecular weight excluding hydrogens is 200 g/mol. The molecular formula is C13H18OSi. The van der Waals surface area contributed by atoms with Crippen molar-refractivity contribution in [3.8, 4) is 0 Å². The van der Waals surface area contributed by atoms with E-state index in [9.17, 15) is 0 Å². The highest BCUT2D eigenvalue weighted by molar-refractivity contribution is 6.69. The van der Waals surface area contributed by atoms with Gasteiger partial charge in [-0.1, -0.05) is 30.3 Å². The van der Waals surface area contributed by atoms with Crippen LogP contribution in [0.15, 0.2) is 30.3 Å². The molecule has 0 spiro atoms. The summed E-state index contributed by atoms with van der Waals surface area (Å²) in [4.78, 5) is 0. The van der Waals surface area contributed by atoms with Crippen molar-refractivity contribution in [1.82, 2.24) is 0 Å². The molecule has 0 radical (unpaired) electrons. The molecule has 1 aromatic carbocycles. The quantitative estimate of drug-likeness (QED) is 0.686. The number of hydrogen-bond donors (Lipinski definition) is 0. The van der Waals surface area contributed by atoms with E-state index in [2.05, 4.69) is 63.0 Å². The second-order valence-electron chi connectivity index (χ2n) is 5.24. The van der Waals surface area contributed by atoms with E-state index in [0.717, 1.165) is 0 Å². The predicted octanol–water partition coefficient (Wildman–Crippen LogP) is 3.78.